The van der Waals surface area contributed by atoms with Crippen LogP contribution < -0.4 is 10.5 Å². The molecule has 8 heteroatoms. The van der Waals surface area contributed by atoms with Crippen LogP contribution in [-0.4, -0.2) is 19.2 Å². The van der Waals surface area contributed by atoms with Gasteiger partial charge in [0, 0.05) is 11.8 Å². The van der Waals surface area contributed by atoms with Crippen LogP contribution in [0.1, 0.15) is 5.56 Å². The molecule has 1 aromatic heterocycles. The molecule has 0 aliphatic heterocycles. The Morgan fingerprint density at radius 1 is 1.25 bits per heavy atom. The molecule has 0 spiro atoms. The van der Waals surface area contributed by atoms with Crippen LogP contribution in [-0.2, 0) is 10.0 Å². The second-order valence-electron chi connectivity index (χ2n) is 3.86. The number of aromatic nitrogens is 1. The minimum atomic E-state index is -4.19. The Hall–Kier alpha value is -2.48. The van der Waals surface area contributed by atoms with Crippen LogP contribution in [0.5, 0.6) is 0 Å². The second-order valence-corrected chi connectivity index (χ2v) is 5.45. The van der Waals surface area contributed by atoms with Crippen molar-refractivity contribution in [3.05, 3.63) is 54.0 Å². The van der Waals surface area contributed by atoms with E-state index in [4.69, 9.17) is 11.1 Å². The molecule has 2 rings (SSSR count). The van der Waals surface area contributed by atoms with Crippen molar-refractivity contribution < 1.29 is 12.8 Å². The molecular weight excluding hydrogens is 283 g/mol. The number of nitrogens with two attached hydrogens (primary N) is 1. The summed E-state index contributed by atoms with van der Waals surface area (Å²) in [5.74, 6) is -1.26. The van der Waals surface area contributed by atoms with Gasteiger partial charge < -0.3 is 5.73 Å². The van der Waals surface area contributed by atoms with E-state index in [0.29, 0.717) is 0 Å². The monoisotopic (exact) mass is 294 g/mol. The molecule has 104 valence electrons. The topological polar surface area (TPSA) is 109 Å². The first-order valence-corrected chi connectivity index (χ1v) is 6.97. The molecule has 0 saturated heterocycles. The predicted molar refractivity (Wildman–Crippen MR) is 72.5 cm³/mol. The van der Waals surface area contributed by atoms with E-state index in [1.165, 1.54) is 24.4 Å². The minimum Gasteiger partial charge on any atom is -0.384 e. The first-order chi connectivity index (χ1) is 9.42. The summed E-state index contributed by atoms with van der Waals surface area (Å²) in [6.07, 6.45) is 1.18. The van der Waals surface area contributed by atoms with Crippen molar-refractivity contribution in [2.45, 2.75) is 5.03 Å². The maximum Gasteiger partial charge on any atom is 0.282 e. The molecule has 0 amide bonds. The van der Waals surface area contributed by atoms with Gasteiger partial charge in [0.2, 0.25) is 5.03 Å². The zero-order valence-electron chi connectivity index (χ0n) is 10.2. The van der Waals surface area contributed by atoms with Gasteiger partial charge in [-0.3, -0.25) is 10.1 Å². The third kappa shape index (κ3) is 2.75. The summed E-state index contributed by atoms with van der Waals surface area (Å²) in [7, 11) is -4.19. The summed E-state index contributed by atoms with van der Waals surface area (Å²) in [5.41, 5.74) is 5.65. The maximum atomic E-state index is 13.5. The van der Waals surface area contributed by atoms with Gasteiger partial charge in [-0.05, 0) is 24.3 Å². The SMILES string of the molecule is N=C(N)c1ccccc1NS(=O)(=O)c1ncccc1F. The van der Waals surface area contributed by atoms with Gasteiger partial charge in [-0.15, -0.1) is 0 Å². The highest BCUT2D eigenvalue weighted by molar-refractivity contribution is 7.92. The molecule has 0 aliphatic carbocycles. The molecule has 0 fully saturated rings. The summed E-state index contributed by atoms with van der Waals surface area (Å²) >= 11 is 0. The van der Waals surface area contributed by atoms with Crippen molar-refractivity contribution in [3.8, 4) is 0 Å². The number of halogens is 1. The van der Waals surface area contributed by atoms with Crippen LogP contribution in [0, 0.1) is 11.2 Å². The molecule has 20 heavy (non-hydrogen) atoms. The highest BCUT2D eigenvalue weighted by Crippen LogP contribution is 2.19. The number of anilines is 1. The van der Waals surface area contributed by atoms with Crippen LogP contribution in [0.3, 0.4) is 0 Å². The lowest BCUT2D eigenvalue weighted by molar-refractivity contribution is 0.557. The predicted octanol–water partition coefficient (Wildman–Crippen LogP) is 1.31. The van der Waals surface area contributed by atoms with E-state index in [-0.39, 0.29) is 17.1 Å². The van der Waals surface area contributed by atoms with Gasteiger partial charge in [0.15, 0.2) is 5.82 Å². The summed E-state index contributed by atoms with van der Waals surface area (Å²) in [6.45, 7) is 0. The number of rotatable bonds is 4. The van der Waals surface area contributed by atoms with E-state index < -0.39 is 20.9 Å². The van der Waals surface area contributed by atoms with Gasteiger partial charge >= 0.3 is 0 Å². The largest absolute Gasteiger partial charge is 0.384 e. The normalized spacial score (nSPS) is 11.1. The third-order valence-corrected chi connectivity index (χ3v) is 3.74. The van der Waals surface area contributed by atoms with Gasteiger partial charge in [-0.2, -0.15) is 8.42 Å². The Morgan fingerprint density at radius 3 is 2.60 bits per heavy atom. The number of hydrogen-bond donors (Lipinski definition) is 3. The fourth-order valence-corrected chi connectivity index (χ4v) is 2.66. The summed E-state index contributed by atoms with van der Waals surface area (Å²) < 4.78 is 39.8. The average molecular weight is 294 g/mol. The molecule has 1 aromatic carbocycles. The average Bonchev–Trinajstić information content (AvgIpc) is 2.39. The Morgan fingerprint density at radius 2 is 1.95 bits per heavy atom. The number of para-hydroxylation sites is 1. The molecule has 0 saturated carbocycles. The minimum absolute atomic E-state index is 0.0880. The van der Waals surface area contributed by atoms with Crippen molar-refractivity contribution >= 4 is 21.5 Å². The first kappa shape index (κ1) is 13.9. The van der Waals surface area contributed by atoms with Crippen LogP contribution in [0.25, 0.3) is 0 Å². The number of amidine groups is 1. The van der Waals surface area contributed by atoms with E-state index >= 15 is 0 Å². The molecule has 0 aliphatic rings. The first-order valence-electron chi connectivity index (χ1n) is 5.48. The number of nitrogen functional groups attached to an aromatic ring is 1. The number of pyridine rings is 1. The van der Waals surface area contributed by atoms with Crippen molar-refractivity contribution in [1.29, 1.82) is 5.41 Å². The van der Waals surface area contributed by atoms with E-state index in [2.05, 4.69) is 9.71 Å². The fourth-order valence-electron chi connectivity index (χ4n) is 1.57. The zero-order valence-corrected chi connectivity index (χ0v) is 11.0. The van der Waals surface area contributed by atoms with Crippen molar-refractivity contribution in [3.63, 3.8) is 0 Å². The molecule has 0 radical (unpaired) electrons. The summed E-state index contributed by atoms with van der Waals surface area (Å²) in [5, 5.41) is 6.67. The molecule has 2 aromatic rings. The highest BCUT2D eigenvalue weighted by atomic mass is 32.2. The van der Waals surface area contributed by atoms with E-state index in [9.17, 15) is 12.8 Å². The second kappa shape index (κ2) is 5.25. The Bertz CT molecular complexity index is 762. The lowest BCUT2D eigenvalue weighted by Gasteiger charge is -2.11. The summed E-state index contributed by atoms with van der Waals surface area (Å²) in [6, 6.07) is 8.37. The van der Waals surface area contributed by atoms with Crippen LogP contribution in [0.2, 0.25) is 0 Å². The Balaban J connectivity index is 2.45. The lowest BCUT2D eigenvalue weighted by Crippen LogP contribution is -2.20. The molecule has 0 unspecified atom stereocenters. The highest BCUT2D eigenvalue weighted by Gasteiger charge is 2.21. The molecule has 1 heterocycles. The van der Waals surface area contributed by atoms with Gasteiger partial charge in [-0.1, -0.05) is 12.1 Å². The standard InChI is InChI=1S/C12H11FN4O2S/c13-9-5-3-7-16-12(9)20(18,19)17-10-6-2-1-4-8(10)11(14)15/h1-7,17H,(H3,14,15). The number of nitrogens with zero attached hydrogens (tertiary/aromatic N) is 1. The molecule has 0 atom stereocenters. The number of hydrogen-bond acceptors (Lipinski definition) is 4. The van der Waals surface area contributed by atoms with Crippen LogP contribution in [0.4, 0.5) is 10.1 Å². The number of benzene rings is 1. The lowest BCUT2D eigenvalue weighted by atomic mass is 10.2. The van der Waals surface area contributed by atoms with Gasteiger partial charge in [0.05, 0.1) is 5.69 Å². The molecule has 6 nitrogen and oxygen atoms in total. The third-order valence-electron chi connectivity index (χ3n) is 2.44. The van der Waals surface area contributed by atoms with Gasteiger partial charge in [-0.25, -0.2) is 9.37 Å². The zero-order chi connectivity index (χ0) is 14.8. The Kier molecular flexibility index (Phi) is 3.66. The summed E-state index contributed by atoms with van der Waals surface area (Å²) in [4.78, 5) is 3.51. The van der Waals surface area contributed by atoms with Crippen LogP contribution >= 0.6 is 0 Å². The quantitative estimate of drug-likeness (QED) is 0.583. The molecule has 0 bridgehead atoms. The van der Waals surface area contributed by atoms with Gasteiger partial charge in [0.1, 0.15) is 5.84 Å². The number of nitrogens with one attached hydrogen (secondary N) is 2. The van der Waals surface area contributed by atoms with Crippen LogP contribution in [0.15, 0.2) is 47.6 Å². The van der Waals surface area contributed by atoms with Crippen molar-refractivity contribution in [2.75, 3.05) is 4.72 Å². The van der Waals surface area contributed by atoms with Crippen molar-refractivity contribution in [1.82, 2.24) is 4.98 Å². The smallest absolute Gasteiger partial charge is 0.282 e. The van der Waals surface area contributed by atoms with E-state index in [1.54, 1.807) is 12.1 Å². The van der Waals surface area contributed by atoms with Gasteiger partial charge in [0.25, 0.3) is 10.0 Å². The molecule has 4 N–H and O–H groups in total. The van der Waals surface area contributed by atoms with E-state index in [1.807, 2.05) is 0 Å². The van der Waals surface area contributed by atoms with E-state index in [0.717, 1.165) is 6.07 Å². The number of sulfonamides is 1. The maximum absolute atomic E-state index is 13.5. The fraction of sp³-hybridized carbons (Fsp3) is 0. The van der Waals surface area contributed by atoms with Crippen molar-refractivity contribution in [2.24, 2.45) is 5.73 Å². The molecular formula is C12H11FN4O2S. The Labute approximate surface area is 115 Å².